The summed E-state index contributed by atoms with van der Waals surface area (Å²) in [6.07, 6.45) is 17.9. The topological polar surface area (TPSA) is 20.2 Å². The first-order chi connectivity index (χ1) is 13.3. The summed E-state index contributed by atoms with van der Waals surface area (Å²) in [6, 6.07) is 0. The molecule has 0 spiro atoms. The van der Waals surface area contributed by atoms with Gasteiger partial charge in [-0.1, -0.05) is 57.9 Å². The van der Waals surface area contributed by atoms with E-state index >= 15 is 0 Å². The predicted octanol–water partition coefficient (Wildman–Crippen LogP) is 7.16. The zero-order valence-electron chi connectivity index (χ0n) is 18.9. The molecule has 0 heterocycles. The quantitative estimate of drug-likeness (QED) is 0.510. The highest BCUT2D eigenvalue weighted by molar-refractivity contribution is 5.13. The lowest BCUT2D eigenvalue weighted by Crippen LogP contribution is -2.57. The van der Waals surface area contributed by atoms with Crippen LogP contribution in [0, 0.1) is 46.3 Å². The average Bonchev–Trinajstić information content (AvgIpc) is 2.99. The van der Waals surface area contributed by atoms with E-state index in [0.29, 0.717) is 16.7 Å². The smallest absolute Gasteiger partial charge is 0.0577 e. The van der Waals surface area contributed by atoms with E-state index in [4.69, 9.17) is 0 Å². The van der Waals surface area contributed by atoms with Crippen LogP contribution in [0.5, 0.6) is 0 Å². The SMILES string of the molecule is C=C(C)C=CC[C@@H](C)[C@H]1CC[C@H]2[C@@H]3C(O)CC4CCCC[C@]4(C)[C@H]3CC[C@]12C. The van der Waals surface area contributed by atoms with Gasteiger partial charge in [-0.05, 0) is 105 Å². The predicted molar refractivity (Wildman–Crippen MR) is 119 cm³/mol. The van der Waals surface area contributed by atoms with Crippen LogP contribution in [0.15, 0.2) is 24.3 Å². The van der Waals surface area contributed by atoms with Crippen LogP contribution in [-0.4, -0.2) is 11.2 Å². The highest BCUT2D eigenvalue weighted by Crippen LogP contribution is 2.68. The third kappa shape index (κ3) is 3.24. The van der Waals surface area contributed by atoms with Crippen LogP contribution in [0.1, 0.15) is 91.9 Å². The minimum absolute atomic E-state index is 0.0387. The van der Waals surface area contributed by atoms with E-state index in [-0.39, 0.29) is 6.10 Å². The molecule has 4 aliphatic carbocycles. The lowest BCUT2D eigenvalue weighted by Gasteiger charge is -2.62. The molecule has 4 fully saturated rings. The molecular weight excluding hydrogens is 340 g/mol. The molecule has 0 aromatic heterocycles. The summed E-state index contributed by atoms with van der Waals surface area (Å²) in [6.45, 7) is 13.8. The first-order valence-corrected chi connectivity index (χ1v) is 12.3. The van der Waals surface area contributed by atoms with Gasteiger partial charge in [-0.3, -0.25) is 0 Å². The van der Waals surface area contributed by atoms with Crippen LogP contribution < -0.4 is 0 Å². The molecule has 1 nitrogen and oxygen atoms in total. The molecule has 158 valence electrons. The number of hydrogen-bond acceptors (Lipinski definition) is 1. The van der Waals surface area contributed by atoms with E-state index in [1.165, 1.54) is 57.8 Å². The fraction of sp³-hybridized carbons (Fsp3) is 0.852. The Kier molecular flexibility index (Phi) is 5.62. The van der Waals surface area contributed by atoms with Gasteiger partial charge in [-0.25, -0.2) is 0 Å². The second-order valence-corrected chi connectivity index (χ2v) is 11.7. The van der Waals surface area contributed by atoms with Crippen molar-refractivity contribution in [3.8, 4) is 0 Å². The normalized spacial score (nSPS) is 49.3. The van der Waals surface area contributed by atoms with Crippen molar-refractivity contribution in [3.63, 3.8) is 0 Å². The third-order valence-corrected chi connectivity index (χ3v) is 10.3. The zero-order chi connectivity index (χ0) is 20.1. The molecule has 0 aromatic rings. The van der Waals surface area contributed by atoms with Gasteiger partial charge < -0.3 is 5.11 Å². The summed E-state index contributed by atoms with van der Waals surface area (Å²) in [5, 5.41) is 11.3. The summed E-state index contributed by atoms with van der Waals surface area (Å²) in [5.41, 5.74) is 2.11. The zero-order valence-corrected chi connectivity index (χ0v) is 18.9. The van der Waals surface area contributed by atoms with Crippen molar-refractivity contribution in [1.29, 1.82) is 0 Å². The number of aliphatic hydroxyl groups excluding tert-OH is 1. The molecule has 4 aliphatic rings. The van der Waals surface area contributed by atoms with Crippen LogP contribution in [0.25, 0.3) is 0 Å². The van der Waals surface area contributed by atoms with Gasteiger partial charge >= 0.3 is 0 Å². The van der Waals surface area contributed by atoms with Gasteiger partial charge in [0.2, 0.25) is 0 Å². The van der Waals surface area contributed by atoms with Gasteiger partial charge in [0, 0.05) is 0 Å². The molecule has 28 heavy (non-hydrogen) atoms. The molecular formula is C27H44O. The Morgan fingerprint density at radius 1 is 1.07 bits per heavy atom. The number of allylic oxidation sites excluding steroid dienone is 3. The molecule has 4 rings (SSSR count). The maximum absolute atomic E-state index is 11.3. The number of aliphatic hydroxyl groups is 1. The van der Waals surface area contributed by atoms with Crippen LogP contribution in [0.4, 0.5) is 0 Å². The Labute approximate surface area is 174 Å². The average molecular weight is 385 g/mol. The molecule has 0 aliphatic heterocycles. The van der Waals surface area contributed by atoms with Gasteiger partial charge in [0.25, 0.3) is 0 Å². The third-order valence-electron chi connectivity index (χ3n) is 10.3. The molecule has 1 N–H and O–H groups in total. The van der Waals surface area contributed by atoms with E-state index in [1.54, 1.807) is 0 Å². The molecule has 0 aromatic carbocycles. The minimum atomic E-state index is -0.0387. The monoisotopic (exact) mass is 384 g/mol. The highest BCUT2D eigenvalue weighted by atomic mass is 16.3. The lowest BCUT2D eigenvalue weighted by molar-refractivity contribution is -0.164. The first kappa shape index (κ1) is 20.7. The van der Waals surface area contributed by atoms with E-state index in [2.05, 4.69) is 46.4 Å². The van der Waals surface area contributed by atoms with Crippen molar-refractivity contribution in [3.05, 3.63) is 24.3 Å². The van der Waals surface area contributed by atoms with E-state index in [0.717, 1.165) is 41.6 Å². The standard InChI is InChI=1S/C27H44O/c1-18(2)9-8-10-19(3)21-12-13-22-25-23(14-16-27(21,22)5)26(4)15-7-6-11-20(26)17-24(25)28/h8-9,19-25,28H,1,6-7,10-17H2,2-5H3/t19-,20?,21-,22+,23+,24?,25+,26+,27-/m1/s1. The Morgan fingerprint density at radius 2 is 1.82 bits per heavy atom. The van der Waals surface area contributed by atoms with E-state index in [1.807, 2.05) is 0 Å². The van der Waals surface area contributed by atoms with Gasteiger partial charge in [0.05, 0.1) is 6.10 Å². The summed E-state index contributed by atoms with van der Waals surface area (Å²) >= 11 is 0. The molecule has 1 heteroatoms. The number of rotatable bonds is 4. The second kappa shape index (κ2) is 7.60. The van der Waals surface area contributed by atoms with E-state index in [9.17, 15) is 5.11 Å². The molecule has 9 atom stereocenters. The molecule has 4 saturated carbocycles. The van der Waals surface area contributed by atoms with Crippen LogP contribution >= 0.6 is 0 Å². The Bertz CT molecular complexity index is 620. The molecule has 0 radical (unpaired) electrons. The van der Waals surface area contributed by atoms with Gasteiger partial charge in [-0.2, -0.15) is 0 Å². The van der Waals surface area contributed by atoms with Crippen LogP contribution in [0.3, 0.4) is 0 Å². The Balaban J connectivity index is 1.54. The van der Waals surface area contributed by atoms with Crippen molar-refractivity contribution in [2.45, 2.75) is 98.0 Å². The van der Waals surface area contributed by atoms with E-state index < -0.39 is 0 Å². The van der Waals surface area contributed by atoms with Gasteiger partial charge in [0.1, 0.15) is 0 Å². The maximum Gasteiger partial charge on any atom is 0.0577 e. The lowest BCUT2D eigenvalue weighted by atomic mass is 9.44. The fourth-order valence-electron chi connectivity index (χ4n) is 8.88. The number of hydrogen-bond donors (Lipinski definition) is 1. The van der Waals surface area contributed by atoms with Crippen molar-refractivity contribution in [1.82, 2.24) is 0 Å². The van der Waals surface area contributed by atoms with Crippen molar-refractivity contribution < 1.29 is 5.11 Å². The molecule has 0 saturated heterocycles. The van der Waals surface area contributed by atoms with Crippen LogP contribution in [0.2, 0.25) is 0 Å². The second-order valence-electron chi connectivity index (χ2n) is 11.7. The summed E-state index contributed by atoms with van der Waals surface area (Å²) < 4.78 is 0. The first-order valence-electron chi connectivity index (χ1n) is 12.3. The summed E-state index contributed by atoms with van der Waals surface area (Å²) in [4.78, 5) is 0. The molecule has 2 unspecified atom stereocenters. The fourth-order valence-corrected chi connectivity index (χ4v) is 8.88. The maximum atomic E-state index is 11.3. The Morgan fingerprint density at radius 3 is 2.57 bits per heavy atom. The van der Waals surface area contributed by atoms with Crippen molar-refractivity contribution >= 4 is 0 Å². The van der Waals surface area contributed by atoms with Crippen molar-refractivity contribution in [2.24, 2.45) is 46.3 Å². The largest absolute Gasteiger partial charge is 0.393 e. The minimum Gasteiger partial charge on any atom is -0.393 e. The Hall–Kier alpha value is -0.560. The van der Waals surface area contributed by atoms with Gasteiger partial charge in [-0.15, -0.1) is 0 Å². The molecule has 0 amide bonds. The van der Waals surface area contributed by atoms with Crippen molar-refractivity contribution in [2.75, 3.05) is 0 Å². The summed E-state index contributed by atoms with van der Waals surface area (Å²) in [5.74, 6) is 4.43. The number of fused-ring (bicyclic) bond motifs is 5. The molecule has 0 bridgehead atoms. The van der Waals surface area contributed by atoms with Gasteiger partial charge in [0.15, 0.2) is 0 Å². The summed E-state index contributed by atoms with van der Waals surface area (Å²) in [7, 11) is 0. The highest BCUT2D eigenvalue weighted by Gasteiger charge is 2.62. The van der Waals surface area contributed by atoms with Crippen LogP contribution in [-0.2, 0) is 0 Å².